The Kier molecular flexibility index (Phi) is 4.20. The van der Waals surface area contributed by atoms with Gasteiger partial charge < -0.3 is 15.4 Å². The van der Waals surface area contributed by atoms with Crippen LogP contribution >= 0.6 is 0 Å². The molecule has 1 fully saturated rings. The van der Waals surface area contributed by atoms with Gasteiger partial charge >= 0.3 is 0 Å². The van der Waals surface area contributed by atoms with Gasteiger partial charge in [-0.25, -0.2) is 0 Å². The van der Waals surface area contributed by atoms with Gasteiger partial charge in [-0.15, -0.1) is 0 Å². The van der Waals surface area contributed by atoms with E-state index in [1.807, 2.05) is 38.2 Å². The summed E-state index contributed by atoms with van der Waals surface area (Å²) in [5.41, 5.74) is 1.71. The summed E-state index contributed by atoms with van der Waals surface area (Å²) in [4.78, 5) is 11.9. The molecule has 1 aliphatic carbocycles. The molecule has 0 spiro atoms. The highest BCUT2D eigenvalue weighted by Gasteiger charge is 2.30. The van der Waals surface area contributed by atoms with Crippen molar-refractivity contribution in [3.05, 3.63) is 29.8 Å². The predicted molar refractivity (Wildman–Crippen MR) is 71.9 cm³/mol. The fraction of sp³-hybridized carbons (Fsp3) is 0.500. The minimum atomic E-state index is -0.00222. The molecule has 0 heterocycles. The maximum Gasteiger partial charge on any atom is 0.251 e. The van der Waals surface area contributed by atoms with Crippen LogP contribution in [-0.2, 0) is 4.74 Å². The van der Waals surface area contributed by atoms with Crippen LogP contribution in [0.3, 0.4) is 0 Å². The van der Waals surface area contributed by atoms with Crippen LogP contribution < -0.4 is 10.6 Å². The number of anilines is 1. The van der Waals surface area contributed by atoms with Crippen molar-refractivity contribution >= 4 is 11.6 Å². The number of ether oxygens (including phenoxy) is 1. The lowest BCUT2D eigenvalue weighted by Crippen LogP contribution is -2.47. The molecule has 18 heavy (non-hydrogen) atoms. The zero-order valence-corrected chi connectivity index (χ0v) is 10.9. The van der Waals surface area contributed by atoms with Crippen LogP contribution in [0.25, 0.3) is 0 Å². The Bertz CT molecular complexity index is 397. The fourth-order valence-electron chi connectivity index (χ4n) is 2.11. The van der Waals surface area contributed by atoms with Gasteiger partial charge in [-0.2, -0.15) is 0 Å². The van der Waals surface area contributed by atoms with Gasteiger partial charge in [0.05, 0.1) is 6.10 Å². The van der Waals surface area contributed by atoms with Crippen LogP contribution in [-0.4, -0.2) is 31.7 Å². The number of benzene rings is 1. The van der Waals surface area contributed by atoms with Gasteiger partial charge in [0.15, 0.2) is 0 Å². The monoisotopic (exact) mass is 248 g/mol. The molecule has 0 bridgehead atoms. The van der Waals surface area contributed by atoms with Crippen LogP contribution in [0.2, 0.25) is 0 Å². The first-order chi connectivity index (χ1) is 8.72. The largest absolute Gasteiger partial charge is 0.388 e. The standard InChI is InChI=1S/C14H20N2O2/c1-3-18-13-8-12(9-13)16-14(17)10-4-6-11(15-2)7-5-10/h4-7,12-13,15H,3,8-9H2,1-2H3,(H,16,17). The van der Waals surface area contributed by atoms with Crippen molar-refractivity contribution in [1.82, 2.24) is 5.32 Å². The Morgan fingerprint density at radius 1 is 1.33 bits per heavy atom. The van der Waals surface area contributed by atoms with Crippen molar-refractivity contribution in [2.75, 3.05) is 19.0 Å². The summed E-state index contributed by atoms with van der Waals surface area (Å²) < 4.78 is 5.47. The minimum absolute atomic E-state index is 0.00222. The molecule has 98 valence electrons. The molecule has 0 aromatic heterocycles. The molecule has 0 atom stereocenters. The van der Waals surface area contributed by atoms with E-state index in [0.717, 1.165) is 25.1 Å². The van der Waals surface area contributed by atoms with E-state index in [4.69, 9.17) is 4.74 Å². The topological polar surface area (TPSA) is 50.4 Å². The van der Waals surface area contributed by atoms with E-state index in [-0.39, 0.29) is 11.9 Å². The lowest BCUT2D eigenvalue weighted by molar-refractivity contribution is -0.00862. The van der Waals surface area contributed by atoms with Gasteiger partial charge in [0.2, 0.25) is 0 Å². The minimum Gasteiger partial charge on any atom is -0.388 e. The molecule has 4 heteroatoms. The average Bonchev–Trinajstić information content (AvgIpc) is 2.36. The number of nitrogens with one attached hydrogen (secondary N) is 2. The van der Waals surface area contributed by atoms with Crippen molar-refractivity contribution < 1.29 is 9.53 Å². The Morgan fingerprint density at radius 2 is 2.00 bits per heavy atom. The van der Waals surface area contributed by atoms with Crippen LogP contribution in [0, 0.1) is 0 Å². The first-order valence-corrected chi connectivity index (χ1v) is 6.43. The third kappa shape index (κ3) is 3.01. The number of rotatable bonds is 5. The van der Waals surface area contributed by atoms with E-state index >= 15 is 0 Å². The van der Waals surface area contributed by atoms with Crippen molar-refractivity contribution in [3.63, 3.8) is 0 Å². The summed E-state index contributed by atoms with van der Waals surface area (Å²) in [6.07, 6.45) is 2.18. The zero-order chi connectivity index (χ0) is 13.0. The molecular formula is C14H20N2O2. The molecule has 2 N–H and O–H groups in total. The van der Waals surface area contributed by atoms with Gasteiger partial charge in [-0.1, -0.05) is 0 Å². The molecule has 1 aromatic rings. The van der Waals surface area contributed by atoms with Crippen LogP contribution in [0.5, 0.6) is 0 Å². The molecule has 0 aliphatic heterocycles. The number of amides is 1. The first-order valence-electron chi connectivity index (χ1n) is 6.43. The summed E-state index contributed by atoms with van der Waals surface area (Å²) in [6.45, 7) is 2.74. The highest BCUT2D eigenvalue weighted by molar-refractivity contribution is 5.94. The maximum absolute atomic E-state index is 11.9. The Balaban J connectivity index is 1.81. The highest BCUT2D eigenvalue weighted by atomic mass is 16.5. The van der Waals surface area contributed by atoms with Gasteiger partial charge in [-0.3, -0.25) is 4.79 Å². The smallest absolute Gasteiger partial charge is 0.251 e. The number of hydrogen-bond acceptors (Lipinski definition) is 3. The second kappa shape index (κ2) is 5.87. The molecule has 1 aromatic carbocycles. The second-order valence-corrected chi connectivity index (χ2v) is 4.55. The molecule has 0 saturated heterocycles. The van der Waals surface area contributed by atoms with E-state index in [0.29, 0.717) is 11.7 Å². The Hall–Kier alpha value is -1.55. The molecular weight excluding hydrogens is 228 g/mol. The Morgan fingerprint density at radius 3 is 2.56 bits per heavy atom. The van der Waals surface area contributed by atoms with Crippen molar-refractivity contribution in [1.29, 1.82) is 0 Å². The zero-order valence-electron chi connectivity index (χ0n) is 10.9. The van der Waals surface area contributed by atoms with E-state index in [1.54, 1.807) is 0 Å². The van der Waals surface area contributed by atoms with E-state index in [1.165, 1.54) is 0 Å². The normalized spacial score (nSPS) is 22.1. The molecule has 4 nitrogen and oxygen atoms in total. The molecule has 1 amide bonds. The molecule has 0 radical (unpaired) electrons. The number of carbonyl (C=O) groups is 1. The van der Waals surface area contributed by atoms with Gasteiger partial charge in [0.1, 0.15) is 0 Å². The van der Waals surface area contributed by atoms with E-state index in [2.05, 4.69) is 10.6 Å². The summed E-state index contributed by atoms with van der Waals surface area (Å²) >= 11 is 0. The average molecular weight is 248 g/mol. The van der Waals surface area contributed by atoms with Gasteiger partial charge in [0, 0.05) is 30.9 Å². The molecule has 2 rings (SSSR count). The highest BCUT2D eigenvalue weighted by Crippen LogP contribution is 2.23. The quantitative estimate of drug-likeness (QED) is 0.838. The molecule has 1 aliphatic rings. The SMILES string of the molecule is CCOC1CC(NC(=O)c2ccc(NC)cc2)C1. The molecule has 1 saturated carbocycles. The van der Waals surface area contributed by atoms with E-state index in [9.17, 15) is 4.79 Å². The van der Waals surface area contributed by atoms with Crippen molar-refractivity contribution in [2.24, 2.45) is 0 Å². The van der Waals surface area contributed by atoms with Crippen LogP contribution in [0.1, 0.15) is 30.1 Å². The number of carbonyl (C=O) groups excluding carboxylic acids is 1. The summed E-state index contributed by atoms with van der Waals surface area (Å²) in [5, 5.41) is 6.05. The number of hydrogen-bond donors (Lipinski definition) is 2. The summed E-state index contributed by atoms with van der Waals surface area (Å²) in [7, 11) is 1.86. The molecule has 0 unspecified atom stereocenters. The Labute approximate surface area is 108 Å². The summed E-state index contributed by atoms with van der Waals surface area (Å²) in [6, 6.07) is 7.73. The van der Waals surface area contributed by atoms with Crippen molar-refractivity contribution in [2.45, 2.75) is 31.9 Å². The van der Waals surface area contributed by atoms with Gasteiger partial charge in [-0.05, 0) is 44.0 Å². The lowest BCUT2D eigenvalue weighted by atomic mass is 9.89. The first kappa shape index (κ1) is 12.9. The maximum atomic E-state index is 11.9. The summed E-state index contributed by atoms with van der Waals surface area (Å²) in [5.74, 6) is -0.00222. The third-order valence-corrected chi connectivity index (χ3v) is 3.27. The van der Waals surface area contributed by atoms with Crippen LogP contribution in [0.15, 0.2) is 24.3 Å². The van der Waals surface area contributed by atoms with Crippen LogP contribution in [0.4, 0.5) is 5.69 Å². The van der Waals surface area contributed by atoms with Gasteiger partial charge in [0.25, 0.3) is 5.91 Å². The second-order valence-electron chi connectivity index (χ2n) is 4.55. The third-order valence-electron chi connectivity index (χ3n) is 3.27. The fourth-order valence-corrected chi connectivity index (χ4v) is 2.11. The predicted octanol–water partition coefficient (Wildman–Crippen LogP) is 2.03. The van der Waals surface area contributed by atoms with Crippen molar-refractivity contribution in [3.8, 4) is 0 Å². The van der Waals surface area contributed by atoms with E-state index < -0.39 is 0 Å². The lowest BCUT2D eigenvalue weighted by Gasteiger charge is -2.35.